The molecule has 0 spiro atoms. The largest absolute Gasteiger partial charge is 0.479 e. The van der Waals surface area contributed by atoms with Gasteiger partial charge >= 0.3 is 11.9 Å². The van der Waals surface area contributed by atoms with E-state index in [0.29, 0.717) is 12.0 Å². The van der Waals surface area contributed by atoms with Gasteiger partial charge in [0, 0.05) is 20.1 Å². The Hall–Kier alpha value is -2.00. The minimum absolute atomic E-state index is 0.0878. The topological polar surface area (TPSA) is 134 Å². The Morgan fingerprint density at radius 3 is 1.76 bits per heavy atom. The number of aliphatic carboxylic acids is 2. The molecule has 3 unspecified atom stereocenters. The minimum Gasteiger partial charge on any atom is -0.479 e. The molecule has 1 aromatic rings. The summed E-state index contributed by atoms with van der Waals surface area (Å²) in [4.78, 5) is 24.1. The van der Waals surface area contributed by atoms with E-state index in [9.17, 15) is 30.0 Å². The quantitative estimate of drug-likeness (QED) is 0.156. The number of carbonyl (C=O) groups is 2. The zero-order valence-corrected chi connectivity index (χ0v) is 22.9. The highest BCUT2D eigenvalue weighted by atomic mass is 16.6. The Morgan fingerprint density at radius 2 is 1.32 bits per heavy atom. The molecule has 0 aliphatic heterocycles. The van der Waals surface area contributed by atoms with E-state index in [-0.39, 0.29) is 13.0 Å². The van der Waals surface area contributed by atoms with Crippen molar-refractivity contribution in [3.8, 4) is 0 Å². The number of methoxy groups -OCH3 is 1. The summed E-state index contributed by atoms with van der Waals surface area (Å²) in [7, 11) is 1.18. The lowest BCUT2D eigenvalue weighted by Gasteiger charge is -2.47. The number of aliphatic hydroxyl groups excluding tert-OH is 2. The zero-order chi connectivity index (χ0) is 27.7. The number of carboxylic acids is 2. The van der Waals surface area contributed by atoms with Crippen LogP contribution in [0.5, 0.6) is 0 Å². The molecule has 1 rings (SSSR count). The monoisotopic (exact) mass is 524 g/mol. The van der Waals surface area contributed by atoms with Crippen molar-refractivity contribution in [3.05, 3.63) is 35.9 Å². The summed E-state index contributed by atoms with van der Waals surface area (Å²) in [6, 6.07) is 8.69. The molecule has 0 aliphatic rings. The standard InChI is InChI=1S/C29H48O8/c1-4-5-6-7-8-9-10-11-12-13-14-18-21-37-28(2,25(31)24(30)26(32)33)29(36-3,27(34)35)22-23-19-16-15-17-20-23/h15-17,19-20,24-25,30-31H,4-14,18,21-22H2,1-3H3,(H,32,33)(H,34,35)/t24?,25?,28?,29-/m0/s1. The highest BCUT2D eigenvalue weighted by Gasteiger charge is 2.62. The molecule has 0 heterocycles. The van der Waals surface area contributed by atoms with Crippen LogP contribution in [0, 0.1) is 0 Å². The first-order valence-electron chi connectivity index (χ1n) is 13.7. The molecule has 4 atom stereocenters. The smallest absolute Gasteiger partial charge is 0.339 e. The Labute approximate surface area is 222 Å². The number of unbranched alkanes of at least 4 members (excludes halogenated alkanes) is 11. The van der Waals surface area contributed by atoms with Crippen molar-refractivity contribution in [2.75, 3.05) is 13.7 Å². The Kier molecular flexibility index (Phi) is 15.6. The van der Waals surface area contributed by atoms with Gasteiger partial charge in [-0.25, -0.2) is 9.59 Å². The summed E-state index contributed by atoms with van der Waals surface area (Å²) in [6.45, 7) is 3.60. The van der Waals surface area contributed by atoms with Crippen molar-refractivity contribution in [2.24, 2.45) is 0 Å². The third-order valence-electron chi connectivity index (χ3n) is 7.31. The number of rotatable bonds is 22. The van der Waals surface area contributed by atoms with Gasteiger partial charge < -0.3 is 29.9 Å². The van der Waals surface area contributed by atoms with Gasteiger partial charge in [0.05, 0.1) is 0 Å². The van der Waals surface area contributed by atoms with Crippen molar-refractivity contribution in [3.63, 3.8) is 0 Å². The summed E-state index contributed by atoms with van der Waals surface area (Å²) in [5, 5.41) is 40.6. The fourth-order valence-electron chi connectivity index (χ4n) is 4.81. The molecule has 4 N–H and O–H groups in total. The Balaban J connectivity index is 2.77. The molecule has 0 fully saturated rings. The molecule has 0 aliphatic carbocycles. The second-order valence-electron chi connectivity index (χ2n) is 10.1. The van der Waals surface area contributed by atoms with Crippen LogP contribution in [0.1, 0.15) is 96.5 Å². The van der Waals surface area contributed by atoms with Crippen LogP contribution in [0.25, 0.3) is 0 Å². The Morgan fingerprint density at radius 1 is 0.838 bits per heavy atom. The van der Waals surface area contributed by atoms with E-state index in [1.807, 2.05) is 0 Å². The molecule has 1 aromatic carbocycles. The number of hydrogen-bond donors (Lipinski definition) is 4. The second-order valence-corrected chi connectivity index (χ2v) is 10.1. The lowest BCUT2D eigenvalue weighted by Crippen LogP contribution is -2.69. The molecule has 0 bridgehead atoms. The van der Waals surface area contributed by atoms with Crippen LogP contribution in [0.2, 0.25) is 0 Å². The molecular weight excluding hydrogens is 476 g/mol. The minimum atomic E-state index is -2.25. The molecule has 0 amide bonds. The normalized spacial score (nSPS) is 16.5. The van der Waals surface area contributed by atoms with Crippen molar-refractivity contribution < 1.29 is 39.5 Å². The fraction of sp³-hybridized carbons (Fsp3) is 0.724. The highest BCUT2D eigenvalue weighted by molar-refractivity contribution is 5.81. The van der Waals surface area contributed by atoms with Gasteiger partial charge in [-0.1, -0.05) is 108 Å². The molecule has 37 heavy (non-hydrogen) atoms. The van der Waals surface area contributed by atoms with E-state index < -0.39 is 35.3 Å². The number of carboxylic acid groups (broad SMARTS) is 2. The van der Waals surface area contributed by atoms with Gasteiger partial charge in [0.25, 0.3) is 0 Å². The van der Waals surface area contributed by atoms with Crippen molar-refractivity contribution >= 4 is 11.9 Å². The first-order chi connectivity index (χ1) is 17.7. The van der Waals surface area contributed by atoms with Gasteiger partial charge in [-0.2, -0.15) is 0 Å². The molecule has 8 heteroatoms. The third-order valence-corrected chi connectivity index (χ3v) is 7.31. The Bertz CT molecular complexity index is 770. The molecule has 212 valence electrons. The molecule has 0 saturated carbocycles. The van der Waals surface area contributed by atoms with Crippen LogP contribution in [0.3, 0.4) is 0 Å². The van der Waals surface area contributed by atoms with E-state index in [4.69, 9.17) is 9.47 Å². The van der Waals surface area contributed by atoms with Gasteiger partial charge in [0.1, 0.15) is 11.7 Å². The van der Waals surface area contributed by atoms with Crippen LogP contribution in [-0.4, -0.2) is 69.5 Å². The van der Waals surface area contributed by atoms with Crippen LogP contribution in [-0.2, 0) is 25.5 Å². The van der Waals surface area contributed by atoms with Crippen molar-refractivity contribution in [2.45, 2.75) is 121 Å². The predicted molar refractivity (Wildman–Crippen MR) is 143 cm³/mol. The number of hydrogen-bond acceptors (Lipinski definition) is 6. The van der Waals surface area contributed by atoms with E-state index in [0.717, 1.165) is 19.3 Å². The SMILES string of the molecule is CCCCCCCCCCCCCCOC(C)(C(O)C(O)C(=O)O)[C@@](Cc1ccccc1)(OC)C(=O)O. The van der Waals surface area contributed by atoms with Gasteiger partial charge in [0.15, 0.2) is 11.7 Å². The third kappa shape index (κ3) is 10.0. The summed E-state index contributed by atoms with van der Waals surface area (Å²) >= 11 is 0. The number of ether oxygens (including phenoxy) is 2. The van der Waals surface area contributed by atoms with Gasteiger partial charge in [-0.05, 0) is 18.9 Å². The highest BCUT2D eigenvalue weighted by Crippen LogP contribution is 2.38. The first-order valence-corrected chi connectivity index (χ1v) is 13.7. The van der Waals surface area contributed by atoms with Crippen LogP contribution < -0.4 is 0 Å². The van der Waals surface area contributed by atoms with Gasteiger partial charge in [-0.15, -0.1) is 0 Å². The maximum Gasteiger partial charge on any atom is 0.339 e. The van der Waals surface area contributed by atoms with Crippen molar-refractivity contribution in [1.29, 1.82) is 0 Å². The first kappa shape index (κ1) is 33.0. The van der Waals surface area contributed by atoms with Crippen molar-refractivity contribution in [1.82, 2.24) is 0 Å². The van der Waals surface area contributed by atoms with E-state index in [1.54, 1.807) is 30.3 Å². The van der Waals surface area contributed by atoms with E-state index in [2.05, 4.69) is 6.92 Å². The fourth-order valence-corrected chi connectivity index (χ4v) is 4.81. The van der Waals surface area contributed by atoms with E-state index >= 15 is 0 Å². The average molecular weight is 525 g/mol. The maximum absolute atomic E-state index is 12.6. The lowest BCUT2D eigenvalue weighted by molar-refractivity contribution is -0.251. The van der Waals surface area contributed by atoms with E-state index in [1.165, 1.54) is 65.4 Å². The molecular formula is C29H48O8. The summed E-state index contributed by atoms with van der Waals surface area (Å²) in [6.07, 6.45) is 9.27. The van der Waals surface area contributed by atoms with Crippen LogP contribution in [0.4, 0.5) is 0 Å². The predicted octanol–water partition coefficient (Wildman–Crippen LogP) is 4.98. The lowest BCUT2D eigenvalue weighted by atomic mass is 9.74. The number of aliphatic hydroxyl groups is 2. The number of benzene rings is 1. The molecule has 0 saturated heterocycles. The second kappa shape index (κ2) is 17.5. The molecule has 0 radical (unpaired) electrons. The van der Waals surface area contributed by atoms with Gasteiger partial charge in [-0.3, -0.25) is 0 Å². The van der Waals surface area contributed by atoms with Crippen LogP contribution in [0.15, 0.2) is 30.3 Å². The molecule has 8 nitrogen and oxygen atoms in total. The zero-order valence-electron chi connectivity index (χ0n) is 22.9. The maximum atomic E-state index is 12.6. The summed E-state index contributed by atoms with van der Waals surface area (Å²) < 4.78 is 11.5. The van der Waals surface area contributed by atoms with Gasteiger partial charge in [0.2, 0.25) is 0 Å². The summed E-state index contributed by atoms with van der Waals surface area (Å²) in [5.74, 6) is -3.10. The molecule has 0 aromatic heterocycles. The van der Waals surface area contributed by atoms with Crippen LogP contribution >= 0.6 is 0 Å². The average Bonchev–Trinajstić information content (AvgIpc) is 2.89. The summed E-state index contributed by atoms with van der Waals surface area (Å²) in [5.41, 5.74) is -3.61.